The van der Waals surface area contributed by atoms with E-state index in [4.69, 9.17) is 10.5 Å². The molecule has 0 bridgehead atoms. The number of carbonyl (C=O) groups excluding carboxylic acids is 1. The lowest BCUT2D eigenvalue weighted by Gasteiger charge is -2.09. The molecule has 1 aromatic heterocycles. The first-order chi connectivity index (χ1) is 9.16. The number of ether oxygens (including phenoxy) is 1. The van der Waals surface area contributed by atoms with Gasteiger partial charge in [-0.15, -0.1) is 0 Å². The van der Waals surface area contributed by atoms with Crippen LogP contribution in [-0.2, 0) is 11.4 Å². The van der Waals surface area contributed by atoms with E-state index in [1.54, 1.807) is 18.3 Å². The second-order valence-electron chi connectivity index (χ2n) is 4.28. The van der Waals surface area contributed by atoms with Crippen LogP contribution in [0.4, 0.5) is 0 Å². The van der Waals surface area contributed by atoms with Gasteiger partial charge in [0.2, 0.25) is 0 Å². The van der Waals surface area contributed by atoms with Crippen LogP contribution >= 0.6 is 0 Å². The molecule has 0 saturated heterocycles. The fraction of sp³-hybridized carbons (Fsp3) is 0.200. The van der Waals surface area contributed by atoms with Gasteiger partial charge in [0.05, 0.1) is 11.9 Å². The highest BCUT2D eigenvalue weighted by Crippen LogP contribution is 2.15. The molecule has 2 rings (SSSR count). The van der Waals surface area contributed by atoms with Gasteiger partial charge in [-0.25, -0.2) is 0 Å². The fourth-order valence-corrected chi connectivity index (χ4v) is 1.61. The maximum absolute atomic E-state index is 11.1. The van der Waals surface area contributed by atoms with E-state index in [9.17, 15) is 4.79 Å². The van der Waals surface area contributed by atoms with Gasteiger partial charge < -0.3 is 10.5 Å². The third kappa shape index (κ3) is 3.63. The van der Waals surface area contributed by atoms with E-state index in [-0.39, 0.29) is 5.78 Å². The first-order valence-electron chi connectivity index (χ1n) is 6.05. The summed E-state index contributed by atoms with van der Waals surface area (Å²) in [6.45, 7) is 1.94. The van der Waals surface area contributed by atoms with E-state index >= 15 is 0 Å². The van der Waals surface area contributed by atoms with Gasteiger partial charge in [-0.2, -0.15) is 0 Å². The standard InChI is InChI=1S/C15H16N2O2/c1-11(18)15(16)14-8-7-13(9-17-14)19-10-12-5-3-2-4-6-12/h2-9,15H,10,16H2,1H3. The van der Waals surface area contributed by atoms with E-state index in [1.165, 1.54) is 6.92 Å². The lowest BCUT2D eigenvalue weighted by atomic mass is 10.1. The quantitative estimate of drug-likeness (QED) is 0.891. The van der Waals surface area contributed by atoms with Crippen LogP contribution in [0.1, 0.15) is 24.2 Å². The van der Waals surface area contributed by atoms with E-state index in [2.05, 4.69) is 4.98 Å². The molecular weight excluding hydrogens is 240 g/mol. The number of nitrogens with two attached hydrogens (primary N) is 1. The zero-order valence-corrected chi connectivity index (χ0v) is 10.7. The minimum Gasteiger partial charge on any atom is -0.487 e. The van der Waals surface area contributed by atoms with Crippen molar-refractivity contribution in [1.82, 2.24) is 4.98 Å². The van der Waals surface area contributed by atoms with Gasteiger partial charge in [0, 0.05) is 0 Å². The highest BCUT2D eigenvalue weighted by atomic mass is 16.5. The Morgan fingerprint density at radius 3 is 2.58 bits per heavy atom. The summed E-state index contributed by atoms with van der Waals surface area (Å²) in [6, 6.07) is 12.7. The number of hydrogen-bond acceptors (Lipinski definition) is 4. The molecule has 0 aliphatic rings. The molecule has 0 aliphatic carbocycles. The third-order valence-electron chi connectivity index (χ3n) is 2.76. The Labute approximate surface area is 112 Å². The number of Topliss-reactive ketones (excluding diaryl/α,β-unsaturated/α-hetero) is 1. The molecule has 1 unspecified atom stereocenters. The van der Waals surface area contributed by atoms with E-state index in [1.807, 2.05) is 30.3 Å². The van der Waals surface area contributed by atoms with Crippen LogP contribution in [0.25, 0.3) is 0 Å². The van der Waals surface area contributed by atoms with Gasteiger partial charge in [0.25, 0.3) is 0 Å². The second-order valence-corrected chi connectivity index (χ2v) is 4.28. The molecule has 1 aromatic carbocycles. The molecule has 0 aliphatic heterocycles. The highest BCUT2D eigenvalue weighted by molar-refractivity contribution is 5.82. The molecule has 98 valence electrons. The third-order valence-corrected chi connectivity index (χ3v) is 2.76. The van der Waals surface area contributed by atoms with Crippen molar-refractivity contribution in [3.8, 4) is 5.75 Å². The monoisotopic (exact) mass is 256 g/mol. The second kappa shape index (κ2) is 6.11. The van der Waals surface area contributed by atoms with Crippen LogP contribution in [0.15, 0.2) is 48.7 Å². The topological polar surface area (TPSA) is 65.2 Å². The van der Waals surface area contributed by atoms with Gasteiger partial charge in [-0.1, -0.05) is 30.3 Å². The Morgan fingerprint density at radius 2 is 2.00 bits per heavy atom. The predicted molar refractivity (Wildman–Crippen MR) is 72.6 cm³/mol. The van der Waals surface area contributed by atoms with Crippen molar-refractivity contribution < 1.29 is 9.53 Å². The average Bonchev–Trinajstić information content (AvgIpc) is 2.46. The fourth-order valence-electron chi connectivity index (χ4n) is 1.61. The Kier molecular flexibility index (Phi) is 4.26. The summed E-state index contributed by atoms with van der Waals surface area (Å²) >= 11 is 0. The molecule has 4 heteroatoms. The zero-order chi connectivity index (χ0) is 13.7. The summed E-state index contributed by atoms with van der Waals surface area (Å²) in [5.41, 5.74) is 7.34. The van der Waals surface area contributed by atoms with Crippen LogP contribution in [0, 0.1) is 0 Å². The summed E-state index contributed by atoms with van der Waals surface area (Å²) in [5, 5.41) is 0. The minimum absolute atomic E-state index is 0.106. The van der Waals surface area contributed by atoms with E-state index < -0.39 is 6.04 Å². The van der Waals surface area contributed by atoms with Gasteiger partial charge in [0.1, 0.15) is 18.4 Å². The largest absolute Gasteiger partial charge is 0.487 e. The number of aromatic nitrogens is 1. The molecule has 4 nitrogen and oxygen atoms in total. The molecule has 0 fully saturated rings. The van der Waals surface area contributed by atoms with Crippen LogP contribution < -0.4 is 10.5 Å². The molecular formula is C15H16N2O2. The average molecular weight is 256 g/mol. The maximum atomic E-state index is 11.1. The summed E-state index contributed by atoms with van der Waals surface area (Å²) in [5.74, 6) is 0.550. The molecule has 19 heavy (non-hydrogen) atoms. The molecule has 2 aromatic rings. The molecule has 0 saturated carbocycles. The first kappa shape index (κ1) is 13.2. The summed E-state index contributed by atoms with van der Waals surface area (Å²) in [7, 11) is 0. The van der Waals surface area contributed by atoms with Gasteiger partial charge in [0.15, 0.2) is 5.78 Å². The molecule has 0 spiro atoms. The van der Waals surface area contributed by atoms with Crippen LogP contribution in [0.3, 0.4) is 0 Å². The Balaban J connectivity index is 1.97. The molecule has 1 atom stereocenters. The van der Waals surface area contributed by atoms with Crippen molar-refractivity contribution in [2.45, 2.75) is 19.6 Å². The van der Waals surface area contributed by atoms with Crippen molar-refractivity contribution in [1.29, 1.82) is 0 Å². The lowest BCUT2D eigenvalue weighted by Crippen LogP contribution is -2.19. The van der Waals surface area contributed by atoms with Gasteiger partial charge >= 0.3 is 0 Å². The SMILES string of the molecule is CC(=O)C(N)c1ccc(OCc2ccccc2)cn1. The summed E-state index contributed by atoms with van der Waals surface area (Å²) < 4.78 is 5.60. The van der Waals surface area contributed by atoms with Gasteiger partial charge in [-0.3, -0.25) is 9.78 Å². The highest BCUT2D eigenvalue weighted by Gasteiger charge is 2.12. The number of nitrogens with zero attached hydrogens (tertiary/aromatic N) is 1. The Bertz CT molecular complexity index is 538. The molecule has 0 amide bonds. The molecule has 0 radical (unpaired) electrons. The Hall–Kier alpha value is -2.20. The van der Waals surface area contributed by atoms with E-state index in [0.29, 0.717) is 18.1 Å². The van der Waals surface area contributed by atoms with Crippen molar-refractivity contribution in [2.24, 2.45) is 5.73 Å². The van der Waals surface area contributed by atoms with Crippen LogP contribution in [0.2, 0.25) is 0 Å². The number of pyridine rings is 1. The van der Waals surface area contributed by atoms with Crippen LogP contribution in [0.5, 0.6) is 5.75 Å². The molecule has 2 N–H and O–H groups in total. The van der Waals surface area contributed by atoms with E-state index in [0.717, 1.165) is 5.56 Å². The normalized spacial score (nSPS) is 11.9. The van der Waals surface area contributed by atoms with Crippen molar-refractivity contribution in [3.05, 3.63) is 59.9 Å². The number of ketones is 1. The summed E-state index contributed by atoms with van der Waals surface area (Å²) in [6.07, 6.45) is 1.58. The van der Waals surface area contributed by atoms with Crippen molar-refractivity contribution in [2.75, 3.05) is 0 Å². The first-order valence-corrected chi connectivity index (χ1v) is 6.05. The number of carbonyl (C=O) groups is 1. The zero-order valence-electron chi connectivity index (χ0n) is 10.7. The van der Waals surface area contributed by atoms with Crippen molar-refractivity contribution >= 4 is 5.78 Å². The maximum Gasteiger partial charge on any atom is 0.152 e. The predicted octanol–water partition coefficient (Wildman–Crippen LogP) is 2.25. The lowest BCUT2D eigenvalue weighted by molar-refractivity contribution is -0.118. The van der Waals surface area contributed by atoms with Gasteiger partial charge in [-0.05, 0) is 24.6 Å². The summed E-state index contributed by atoms with van der Waals surface area (Å²) in [4.78, 5) is 15.3. The molecule has 1 heterocycles. The number of rotatable bonds is 5. The minimum atomic E-state index is -0.664. The number of benzene rings is 1. The number of hydrogen-bond donors (Lipinski definition) is 1. The Morgan fingerprint density at radius 1 is 1.26 bits per heavy atom. The van der Waals surface area contributed by atoms with Crippen LogP contribution in [-0.4, -0.2) is 10.8 Å². The van der Waals surface area contributed by atoms with Crippen molar-refractivity contribution in [3.63, 3.8) is 0 Å². The smallest absolute Gasteiger partial charge is 0.152 e.